The normalized spacial score (nSPS) is 12.6. The molecule has 11 aromatic carbocycles. The zero-order valence-electron chi connectivity index (χ0n) is 49.8. The van der Waals surface area contributed by atoms with Crippen molar-refractivity contribution in [3.8, 4) is 66.8 Å². The first-order valence-electron chi connectivity index (χ1n) is 29.8. The van der Waals surface area contributed by atoms with Crippen molar-refractivity contribution in [3.63, 3.8) is 0 Å². The van der Waals surface area contributed by atoms with Gasteiger partial charge in [0.25, 0.3) is 0 Å². The SMILES string of the molecule is CC(C)(C)Cc1ccnc(N2c3[c-]c(N(c4[c-]c(N5[CH-]N(c6c(-c7cccc(-c8ccccc8)c7)cccc6-c6cccc(-c7ccccc7)c6)c6ccccc65)cc(C(C)(C)C)c4)c4ccccc4)ccc3-c3ccccc3-c3ccccc32)c1.[Pt]. The molecule has 0 amide bonds. The van der Waals surface area contributed by atoms with Gasteiger partial charge in [-0.25, -0.2) is 4.98 Å². The summed E-state index contributed by atoms with van der Waals surface area (Å²) in [5, 5.41) is 0. The van der Waals surface area contributed by atoms with E-state index in [9.17, 15) is 0 Å². The number of benzene rings is 11. The van der Waals surface area contributed by atoms with Crippen LogP contribution in [0.2, 0.25) is 0 Å². The fraction of sp³-hybridized carbons (Fsp3) is 0.111. The minimum atomic E-state index is -0.251. The van der Waals surface area contributed by atoms with Gasteiger partial charge in [-0.1, -0.05) is 252 Å². The standard InChI is InChI=1S/C81H66N5.Pt/c1-80(2,3)54-56-45-46-82-78(47-56)86-74-40-19-18-37-72(74)70-35-16-17-36-71(70)73-44-43-65(53-77(73)86)85(64-33-14-9-15-34-64)67-51-63(81(4,5)6)50-66(52-67)83-55-84(76-42-21-20-41-75(76)83)79-68(61-31-22-29-59(48-61)57-25-10-7-11-26-57)38-24-39-69(79)62-32-23-30-60(49-62)58-27-12-8-13-28-58;/h7-51,55H,54H2,1-6H3;/q-3;. The van der Waals surface area contributed by atoms with Gasteiger partial charge in [0.15, 0.2) is 0 Å². The Hall–Kier alpha value is -9.54. The van der Waals surface area contributed by atoms with Crippen LogP contribution in [-0.2, 0) is 32.9 Å². The molecule has 0 fully saturated rings. The van der Waals surface area contributed by atoms with E-state index in [2.05, 4.69) is 347 Å². The second-order valence-corrected chi connectivity index (χ2v) is 24.8. The van der Waals surface area contributed by atoms with Gasteiger partial charge < -0.3 is 19.6 Å². The maximum atomic E-state index is 5.18. The van der Waals surface area contributed by atoms with Crippen molar-refractivity contribution in [1.29, 1.82) is 0 Å². The Morgan fingerprint density at radius 1 is 0.414 bits per heavy atom. The van der Waals surface area contributed by atoms with E-state index < -0.39 is 0 Å². The molecule has 5 nitrogen and oxygen atoms in total. The van der Waals surface area contributed by atoms with Crippen molar-refractivity contribution in [2.75, 3.05) is 19.6 Å². The number of aromatic nitrogens is 1. The zero-order chi connectivity index (χ0) is 58.5. The molecule has 0 spiro atoms. The maximum absolute atomic E-state index is 5.18. The molecule has 2 aliphatic heterocycles. The van der Waals surface area contributed by atoms with Gasteiger partial charge >= 0.3 is 0 Å². The number of para-hydroxylation sites is 5. The molecule has 2 aliphatic rings. The van der Waals surface area contributed by atoms with Gasteiger partial charge in [-0.05, 0) is 116 Å². The molecule has 0 saturated carbocycles. The van der Waals surface area contributed by atoms with E-state index in [1.807, 2.05) is 6.20 Å². The average molecular weight is 1300 g/mol. The minimum Gasteiger partial charge on any atom is -0.493 e. The van der Waals surface area contributed by atoms with Crippen LogP contribution in [0.1, 0.15) is 52.7 Å². The Kier molecular flexibility index (Phi) is 15.2. The number of nitrogens with zero attached hydrogens (tertiary/aromatic N) is 5. The summed E-state index contributed by atoms with van der Waals surface area (Å²) in [5.41, 5.74) is 24.8. The van der Waals surface area contributed by atoms with Crippen LogP contribution in [0.4, 0.5) is 57.0 Å². The first kappa shape index (κ1) is 56.6. The summed E-state index contributed by atoms with van der Waals surface area (Å²) in [5.74, 6) is 0.849. The summed E-state index contributed by atoms with van der Waals surface area (Å²) < 4.78 is 0. The van der Waals surface area contributed by atoms with Crippen LogP contribution >= 0.6 is 0 Å². The van der Waals surface area contributed by atoms with Gasteiger partial charge in [-0.15, -0.1) is 53.8 Å². The number of anilines is 10. The van der Waals surface area contributed by atoms with Gasteiger partial charge in [0, 0.05) is 66.7 Å². The van der Waals surface area contributed by atoms with E-state index in [0.29, 0.717) is 0 Å². The topological polar surface area (TPSA) is 25.9 Å². The number of hydrogen-bond acceptors (Lipinski definition) is 5. The van der Waals surface area contributed by atoms with E-state index in [1.165, 1.54) is 27.8 Å². The molecule has 6 heteroatoms. The maximum Gasteiger partial charge on any atom is 0.135 e. The van der Waals surface area contributed by atoms with Crippen LogP contribution in [0.3, 0.4) is 0 Å². The second-order valence-electron chi connectivity index (χ2n) is 24.8. The molecule has 12 aromatic rings. The van der Waals surface area contributed by atoms with Gasteiger partial charge in [-0.3, -0.25) is 0 Å². The summed E-state index contributed by atoms with van der Waals surface area (Å²) in [6, 6.07) is 105. The van der Waals surface area contributed by atoms with Crippen molar-refractivity contribution >= 4 is 57.0 Å². The summed E-state index contributed by atoms with van der Waals surface area (Å²) in [6.07, 6.45) is 2.88. The third kappa shape index (κ3) is 11.1. The Morgan fingerprint density at radius 2 is 0.920 bits per heavy atom. The van der Waals surface area contributed by atoms with E-state index in [1.54, 1.807) is 0 Å². The molecule has 0 aliphatic carbocycles. The zero-order valence-corrected chi connectivity index (χ0v) is 52.1. The molecule has 0 atom stereocenters. The van der Waals surface area contributed by atoms with Gasteiger partial charge in [0.05, 0.1) is 5.69 Å². The molecular formula is C81H66N5Pt-3. The molecule has 428 valence electrons. The first-order chi connectivity index (χ1) is 41.9. The van der Waals surface area contributed by atoms with Crippen molar-refractivity contribution in [2.45, 2.75) is 53.4 Å². The molecule has 0 unspecified atom stereocenters. The summed E-state index contributed by atoms with van der Waals surface area (Å²) in [6.45, 7) is 16.1. The Labute approximate surface area is 527 Å². The van der Waals surface area contributed by atoms with E-state index in [0.717, 1.165) is 113 Å². The van der Waals surface area contributed by atoms with Gasteiger partial charge in [0.1, 0.15) is 5.82 Å². The number of fused-ring (bicyclic) bond motifs is 6. The van der Waals surface area contributed by atoms with Crippen LogP contribution in [0.5, 0.6) is 0 Å². The van der Waals surface area contributed by atoms with Crippen LogP contribution in [0, 0.1) is 24.2 Å². The molecule has 3 heterocycles. The van der Waals surface area contributed by atoms with Crippen molar-refractivity contribution < 1.29 is 21.1 Å². The average Bonchev–Trinajstić information content (AvgIpc) is 1.70. The molecule has 0 saturated heterocycles. The predicted molar refractivity (Wildman–Crippen MR) is 361 cm³/mol. The Balaban J connectivity index is 0.00000700. The predicted octanol–water partition coefficient (Wildman–Crippen LogP) is 22.2. The van der Waals surface area contributed by atoms with E-state index in [4.69, 9.17) is 4.98 Å². The largest absolute Gasteiger partial charge is 0.493 e. The fourth-order valence-electron chi connectivity index (χ4n) is 12.5. The van der Waals surface area contributed by atoms with Crippen LogP contribution < -0.4 is 19.6 Å². The van der Waals surface area contributed by atoms with Crippen molar-refractivity contribution in [2.24, 2.45) is 5.41 Å². The van der Waals surface area contributed by atoms with E-state index in [-0.39, 0.29) is 31.9 Å². The number of hydrogen-bond donors (Lipinski definition) is 0. The summed E-state index contributed by atoms with van der Waals surface area (Å²) in [4.78, 5) is 14.6. The number of rotatable bonds is 11. The van der Waals surface area contributed by atoms with Crippen molar-refractivity contribution in [1.82, 2.24) is 4.98 Å². The molecule has 87 heavy (non-hydrogen) atoms. The van der Waals surface area contributed by atoms with Crippen LogP contribution in [0.15, 0.2) is 273 Å². The van der Waals surface area contributed by atoms with Gasteiger partial charge in [0.2, 0.25) is 0 Å². The van der Waals surface area contributed by atoms with Crippen LogP contribution in [-0.4, -0.2) is 4.98 Å². The van der Waals surface area contributed by atoms with Gasteiger partial charge in [-0.2, -0.15) is 6.07 Å². The monoisotopic (exact) mass is 1300 g/mol. The third-order valence-electron chi connectivity index (χ3n) is 16.5. The third-order valence-corrected chi connectivity index (χ3v) is 16.5. The Morgan fingerprint density at radius 3 is 1.53 bits per heavy atom. The van der Waals surface area contributed by atoms with Crippen molar-refractivity contribution in [3.05, 3.63) is 303 Å². The molecule has 1 aromatic heterocycles. The Bertz CT molecular complexity index is 4370. The first-order valence-corrected chi connectivity index (χ1v) is 29.8. The molecule has 0 N–H and O–H groups in total. The molecule has 14 rings (SSSR count). The second kappa shape index (κ2) is 23.4. The molecule has 0 bridgehead atoms. The fourth-order valence-corrected chi connectivity index (χ4v) is 12.5. The smallest absolute Gasteiger partial charge is 0.135 e. The summed E-state index contributed by atoms with van der Waals surface area (Å²) >= 11 is 0. The quantitative estimate of drug-likeness (QED) is 0.120. The summed E-state index contributed by atoms with van der Waals surface area (Å²) in [7, 11) is 0. The molecule has 0 radical (unpaired) electrons. The van der Waals surface area contributed by atoms with Crippen LogP contribution in [0.25, 0.3) is 66.8 Å². The minimum absolute atomic E-state index is 0. The van der Waals surface area contributed by atoms with E-state index >= 15 is 0 Å². The molecular weight excluding hydrogens is 1240 g/mol. The number of pyridine rings is 1.